The smallest absolute Gasteiger partial charge is 0.0774 e. The van der Waals surface area contributed by atoms with Crippen LogP contribution >= 0.6 is 0 Å². The Labute approximate surface area is 101 Å². The molecule has 0 saturated carbocycles. The first-order valence-electron chi connectivity index (χ1n) is 5.75. The first-order chi connectivity index (χ1) is 8.15. The molecule has 0 fully saturated rings. The molecule has 0 aliphatic rings. The monoisotopic (exact) mass is 234 g/mol. The van der Waals surface area contributed by atoms with Gasteiger partial charge in [-0.3, -0.25) is 9.36 Å². The van der Waals surface area contributed by atoms with Crippen LogP contribution in [0.3, 0.4) is 0 Å². The topological polar surface area (TPSA) is 60.6 Å². The van der Waals surface area contributed by atoms with Gasteiger partial charge in [0.15, 0.2) is 0 Å². The van der Waals surface area contributed by atoms with Crippen molar-refractivity contribution in [2.45, 2.75) is 26.9 Å². The van der Waals surface area contributed by atoms with Crippen molar-refractivity contribution < 1.29 is 0 Å². The molecule has 0 saturated heterocycles. The number of nitrogens with zero attached hydrogens (tertiary/aromatic N) is 5. The Bertz CT molecular complexity index is 470. The van der Waals surface area contributed by atoms with E-state index in [0.29, 0.717) is 12.5 Å². The van der Waals surface area contributed by atoms with Crippen molar-refractivity contribution in [2.24, 2.45) is 13.0 Å². The fourth-order valence-electron chi connectivity index (χ4n) is 1.59. The summed E-state index contributed by atoms with van der Waals surface area (Å²) in [5, 5.41) is 15.3. The van der Waals surface area contributed by atoms with E-state index in [9.17, 15) is 0 Å². The number of nitrogens with one attached hydrogen (secondary N) is 1. The molecule has 17 heavy (non-hydrogen) atoms. The Balaban J connectivity index is 1.91. The third-order valence-electron chi connectivity index (χ3n) is 2.47. The number of aromatic nitrogens is 5. The minimum Gasteiger partial charge on any atom is -0.377 e. The van der Waals surface area contributed by atoms with Crippen molar-refractivity contribution >= 4 is 5.69 Å². The zero-order valence-electron chi connectivity index (χ0n) is 10.5. The summed E-state index contributed by atoms with van der Waals surface area (Å²) in [6, 6.07) is 0. The summed E-state index contributed by atoms with van der Waals surface area (Å²) in [5.74, 6) is 0.601. The minimum atomic E-state index is 0.601. The van der Waals surface area contributed by atoms with E-state index < -0.39 is 0 Å². The highest BCUT2D eigenvalue weighted by Crippen LogP contribution is 2.08. The van der Waals surface area contributed by atoms with Crippen LogP contribution in [0, 0.1) is 5.92 Å². The number of rotatable bonds is 5. The summed E-state index contributed by atoms with van der Waals surface area (Å²) in [6.45, 7) is 6.00. The van der Waals surface area contributed by atoms with Gasteiger partial charge < -0.3 is 5.32 Å². The van der Waals surface area contributed by atoms with Crippen molar-refractivity contribution in [3.05, 3.63) is 24.3 Å². The van der Waals surface area contributed by atoms with E-state index in [0.717, 1.165) is 17.9 Å². The molecular formula is C11H18N6. The van der Waals surface area contributed by atoms with Crippen LogP contribution in [-0.2, 0) is 20.1 Å². The molecule has 0 radical (unpaired) electrons. The van der Waals surface area contributed by atoms with Gasteiger partial charge in [0, 0.05) is 19.8 Å². The predicted molar refractivity (Wildman–Crippen MR) is 65.4 cm³/mol. The van der Waals surface area contributed by atoms with E-state index in [2.05, 4.69) is 34.6 Å². The predicted octanol–water partition coefficient (Wildman–Crippen LogP) is 1.28. The van der Waals surface area contributed by atoms with E-state index in [-0.39, 0.29) is 0 Å². The van der Waals surface area contributed by atoms with Crippen LogP contribution in [-0.4, -0.2) is 24.8 Å². The Hall–Kier alpha value is -1.85. The molecular weight excluding hydrogens is 216 g/mol. The standard InChI is InChI=1S/C11H18N6/c1-9(2)7-17-8-10(4-14-17)12-5-11-6-13-15-16(11)3/h4,6,8-9,12H,5,7H2,1-3H3. The first kappa shape index (κ1) is 11.6. The molecule has 0 unspecified atom stereocenters. The maximum Gasteiger partial charge on any atom is 0.0774 e. The van der Waals surface area contributed by atoms with Gasteiger partial charge in [0.2, 0.25) is 0 Å². The van der Waals surface area contributed by atoms with Crippen molar-refractivity contribution in [3.8, 4) is 0 Å². The van der Waals surface area contributed by atoms with Crippen LogP contribution in [0.1, 0.15) is 19.5 Å². The molecule has 0 aliphatic carbocycles. The number of aryl methyl sites for hydroxylation is 1. The molecule has 2 aromatic rings. The quantitative estimate of drug-likeness (QED) is 0.846. The second kappa shape index (κ2) is 4.99. The molecule has 6 nitrogen and oxygen atoms in total. The highest BCUT2D eigenvalue weighted by Gasteiger charge is 2.02. The molecule has 0 aliphatic heterocycles. The lowest BCUT2D eigenvalue weighted by Crippen LogP contribution is -2.05. The summed E-state index contributed by atoms with van der Waals surface area (Å²) in [7, 11) is 1.88. The largest absolute Gasteiger partial charge is 0.377 e. The maximum atomic E-state index is 4.29. The van der Waals surface area contributed by atoms with E-state index in [1.807, 2.05) is 24.1 Å². The zero-order chi connectivity index (χ0) is 12.3. The van der Waals surface area contributed by atoms with Crippen molar-refractivity contribution in [1.82, 2.24) is 24.8 Å². The Morgan fingerprint density at radius 1 is 1.35 bits per heavy atom. The van der Waals surface area contributed by atoms with Gasteiger partial charge in [-0.05, 0) is 5.92 Å². The van der Waals surface area contributed by atoms with Crippen LogP contribution < -0.4 is 5.32 Å². The average Bonchev–Trinajstić information content (AvgIpc) is 2.84. The molecule has 1 N–H and O–H groups in total. The fourth-order valence-corrected chi connectivity index (χ4v) is 1.59. The molecule has 6 heteroatoms. The summed E-state index contributed by atoms with van der Waals surface area (Å²) >= 11 is 0. The molecule has 0 aromatic carbocycles. The Morgan fingerprint density at radius 2 is 2.18 bits per heavy atom. The van der Waals surface area contributed by atoms with Crippen LogP contribution in [0.25, 0.3) is 0 Å². The lowest BCUT2D eigenvalue weighted by atomic mass is 10.2. The Morgan fingerprint density at radius 3 is 2.82 bits per heavy atom. The number of anilines is 1. The van der Waals surface area contributed by atoms with Crippen LogP contribution in [0.5, 0.6) is 0 Å². The first-order valence-corrected chi connectivity index (χ1v) is 5.75. The summed E-state index contributed by atoms with van der Waals surface area (Å²) in [4.78, 5) is 0. The maximum absolute atomic E-state index is 4.29. The van der Waals surface area contributed by atoms with Crippen molar-refractivity contribution in [3.63, 3.8) is 0 Å². The molecule has 92 valence electrons. The summed E-state index contributed by atoms with van der Waals surface area (Å²) in [6.07, 6.45) is 5.61. The second-order valence-electron chi connectivity index (χ2n) is 4.55. The SMILES string of the molecule is CC(C)Cn1cc(NCc2cnnn2C)cn1. The molecule has 0 amide bonds. The van der Waals surface area contributed by atoms with Crippen molar-refractivity contribution in [1.29, 1.82) is 0 Å². The molecule has 2 aromatic heterocycles. The third-order valence-corrected chi connectivity index (χ3v) is 2.47. The molecule has 0 bridgehead atoms. The number of hydrogen-bond acceptors (Lipinski definition) is 4. The molecule has 0 spiro atoms. The van der Waals surface area contributed by atoms with Gasteiger partial charge in [0.1, 0.15) is 0 Å². The second-order valence-corrected chi connectivity index (χ2v) is 4.55. The minimum absolute atomic E-state index is 0.601. The third kappa shape index (κ3) is 3.05. The van der Waals surface area contributed by atoms with Gasteiger partial charge in [0.25, 0.3) is 0 Å². The fraction of sp³-hybridized carbons (Fsp3) is 0.545. The zero-order valence-corrected chi connectivity index (χ0v) is 10.5. The van der Waals surface area contributed by atoms with Gasteiger partial charge >= 0.3 is 0 Å². The normalized spacial score (nSPS) is 11.1. The Kier molecular flexibility index (Phi) is 3.41. The lowest BCUT2D eigenvalue weighted by molar-refractivity contribution is 0.483. The van der Waals surface area contributed by atoms with E-state index in [4.69, 9.17) is 0 Å². The van der Waals surface area contributed by atoms with Crippen LogP contribution in [0.4, 0.5) is 5.69 Å². The van der Waals surface area contributed by atoms with Crippen LogP contribution in [0.2, 0.25) is 0 Å². The van der Waals surface area contributed by atoms with E-state index >= 15 is 0 Å². The highest BCUT2D eigenvalue weighted by molar-refractivity contribution is 5.38. The number of hydrogen-bond donors (Lipinski definition) is 1. The van der Waals surface area contributed by atoms with Gasteiger partial charge in [-0.25, -0.2) is 0 Å². The van der Waals surface area contributed by atoms with Crippen LogP contribution in [0.15, 0.2) is 18.6 Å². The average molecular weight is 234 g/mol. The van der Waals surface area contributed by atoms with Gasteiger partial charge in [-0.2, -0.15) is 5.10 Å². The highest BCUT2D eigenvalue weighted by atomic mass is 15.4. The molecule has 2 rings (SSSR count). The van der Waals surface area contributed by atoms with Gasteiger partial charge in [-0.15, -0.1) is 5.10 Å². The van der Waals surface area contributed by atoms with Gasteiger partial charge in [-0.1, -0.05) is 19.1 Å². The van der Waals surface area contributed by atoms with Gasteiger partial charge in [0.05, 0.1) is 30.3 Å². The van der Waals surface area contributed by atoms with E-state index in [1.165, 1.54) is 0 Å². The molecule has 2 heterocycles. The van der Waals surface area contributed by atoms with E-state index in [1.54, 1.807) is 10.9 Å². The summed E-state index contributed by atoms with van der Waals surface area (Å²) in [5.41, 5.74) is 2.06. The molecule has 0 atom stereocenters. The van der Waals surface area contributed by atoms with Crippen molar-refractivity contribution in [2.75, 3.05) is 5.32 Å². The lowest BCUT2D eigenvalue weighted by Gasteiger charge is -2.04. The summed E-state index contributed by atoms with van der Waals surface area (Å²) < 4.78 is 3.71.